The van der Waals surface area contributed by atoms with Crippen LogP contribution in [0.1, 0.15) is 13.3 Å². The minimum Gasteiger partial charge on any atom is -0.411 e. The molecule has 35 valence electrons. The van der Waals surface area contributed by atoms with Crippen LogP contribution in [-0.2, 0) is 0 Å². The van der Waals surface area contributed by atoms with Crippen molar-refractivity contribution in [2.24, 2.45) is 5.16 Å². The smallest absolute Gasteiger partial charge is 0.0473 e. The number of oxime groups is 1. The highest BCUT2D eigenvalue weighted by atomic mass is 16.4. The van der Waals surface area contributed by atoms with Crippen molar-refractivity contribution in [3.63, 3.8) is 0 Å². The van der Waals surface area contributed by atoms with Crippen LogP contribution in [0.5, 0.6) is 0 Å². The lowest BCUT2D eigenvalue weighted by Crippen LogP contribution is -1.70. The average Bonchev–Trinajstić information content (AvgIpc) is 1.61. The monoisotopic (exact) mass is 86.1 g/mol. The highest BCUT2D eigenvalue weighted by Crippen LogP contribution is 1.75. The Balaban J connectivity index is 2.66. The van der Waals surface area contributed by atoms with Crippen molar-refractivity contribution in [2.45, 2.75) is 13.3 Å². The van der Waals surface area contributed by atoms with Crippen LogP contribution in [-0.4, -0.2) is 11.4 Å². The summed E-state index contributed by atoms with van der Waals surface area (Å²) in [5.74, 6) is 0. The number of nitrogens with zero attached hydrogens (tertiary/aromatic N) is 1. The molecule has 0 aromatic heterocycles. The molecular weight excluding hydrogens is 78.0 g/mol. The number of hydrogen-bond donors (Lipinski definition) is 1. The van der Waals surface area contributed by atoms with Gasteiger partial charge in [-0.05, 0) is 6.42 Å². The van der Waals surface area contributed by atoms with Crippen molar-refractivity contribution in [1.29, 1.82) is 0 Å². The maximum atomic E-state index is 7.74. The summed E-state index contributed by atoms with van der Waals surface area (Å²) >= 11 is 0. The van der Waals surface area contributed by atoms with E-state index in [2.05, 4.69) is 5.16 Å². The molecule has 1 radical (unpaired) electrons. The Morgan fingerprint density at radius 2 is 2.50 bits per heavy atom. The van der Waals surface area contributed by atoms with Crippen molar-refractivity contribution in [2.75, 3.05) is 0 Å². The molecule has 0 heterocycles. The molecule has 0 saturated heterocycles. The number of rotatable bonds is 2. The second-order valence-electron chi connectivity index (χ2n) is 0.908. The van der Waals surface area contributed by atoms with E-state index in [9.17, 15) is 0 Å². The predicted octanol–water partition coefficient (Wildman–Crippen LogP) is 1.06. The van der Waals surface area contributed by atoms with Crippen LogP contribution >= 0.6 is 0 Å². The zero-order valence-electron chi connectivity index (χ0n) is 3.76. The highest BCUT2D eigenvalue weighted by Gasteiger charge is 1.68. The van der Waals surface area contributed by atoms with E-state index in [1.807, 2.05) is 6.92 Å². The van der Waals surface area contributed by atoms with Crippen molar-refractivity contribution >= 4 is 6.21 Å². The zero-order chi connectivity index (χ0) is 4.83. The molecule has 0 aliphatic rings. The van der Waals surface area contributed by atoms with Gasteiger partial charge in [0.2, 0.25) is 0 Å². The Labute approximate surface area is 37.5 Å². The summed E-state index contributed by atoms with van der Waals surface area (Å²) in [6.45, 7) is 1.97. The maximum Gasteiger partial charge on any atom is 0.0473 e. The van der Waals surface area contributed by atoms with Gasteiger partial charge in [0.1, 0.15) is 0 Å². The molecule has 2 heteroatoms. The van der Waals surface area contributed by atoms with E-state index < -0.39 is 0 Å². The molecule has 0 spiro atoms. The third-order valence-electron chi connectivity index (χ3n) is 0.408. The summed E-state index contributed by atoms with van der Waals surface area (Å²) in [7, 11) is 0. The van der Waals surface area contributed by atoms with Crippen LogP contribution < -0.4 is 0 Å². The molecule has 0 aliphatic carbocycles. The van der Waals surface area contributed by atoms with Gasteiger partial charge in [-0.3, -0.25) is 0 Å². The largest absolute Gasteiger partial charge is 0.411 e. The molecule has 0 bridgehead atoms. The van der Waals surface area contributed by atoms with Gasteiger partial charge in [0.05, 0.1) is 0 Å². The van der Waals surface area contributed by atoms with Gasteiger partial charge < -0.3 is 5.21 Å². The first-order valence-electron chi connectivity index (χ1n) is 1.91. The summed E-state index contributed by atoms with van der Waals surface area (Å²) in [6.07, 6.45) is 4.05. The van der Waals surface area contributed by atoms with Crippen LogP contribution in [0.4, 0.5) is 0 Å². The summed E-state index contributed by atoms with van der Waals surface area (Å²) in [4.78, 5) is 0. The second kappa shape index (κ2) is 4.47. The SMILES string of the molecule is CC[CH]/C=N/O. The highest BCUT2D eigenvalue weighted by molar-refractivity contribution is 5.66. The van der Waals surface area contributed by atoms with Gasteiger partial charge >= 0.3 is 0 Å². The van der Waals surface area contributed by atoms with Crippen molar-refractivity contribution in [1.82, 2.24) is 0 Å². The van der Waals surface area contributed by atoms with Crippen LogP contribution in [0.25, 0.3) is 0 Å². The fourth-order valence-electron chi connectivity index (χ4n) is 0.153. The minimum atomic E-state index is 0.921. The van der Waals surface area contributed by atoms with Crippen molar-refractivity contribution in [3.05, 3.63) is 6.42 Å². The summed E-state index contributed by atoms with van der Waals surface area (Å²) in [5.41, 5.74) is 0. The fraction of sp³-hybridized carbons (Fsp3) is 0.500. The summed E-state index contributed by atoms with van der Waals surface area (Å²) < 4.78 is 0. The van der Waals surface area contributed by atoms with Gasteiger partial charge in [-0.15, -0.1) is 5.16 Å². The first-order valence-corrected chi connectivity index (χ1v) is 1.91. The first kappa shape index (κ1) is 5.47. The molecule has 0 atom stereocenters. The van der Waals surface area contributed by atoms with Crippen LogP contribution in [0.2, 0.25) is 0 Å². The van der Waals surface area contributed by atoms with Gasteiger partial charge in [0.15, 0.2) is 0 Å². The molecule has 0 amide bonds. The molecule has 0 fully saturated rings. The van der Waals surface area contributed by atoms with Gasteiger partial charge in [-0.25, -0.2) is 0 Å². The molecule has 0 aliphatic heterocycles. The van der Waals surface area contributed by atoms with E-state index in [4.69, 9.17) is 5.21 Å². The van der Waals surface area contributed by atoms with E-state index in [-0.39, 0.29) is 0 Å². The lowest BCUT2D eigenvalue weighted by atomic mass is 10.4. The van der Waals surface area contributed by atoms with E-state index >= 15 is 0 Å². The Morgan fingerprint density at radius 1 is 1.83 bits per heavy atom. The van der Waals surface area contributed by atoms with Crippen LogP contribution in [0, 0.1) is 6.42 Å². The van der Waals surface area contributed by atoms with Gasteiger partial charge in [-0.1, -0.05) is 6.92 Å². The van der Waals surface area contributed by atoms with E-state index in [1.54, 1.807) is 6.42 Å². The topological polar surface area (TPSA) is 32.6 Å². The predicted molar refractivity (Wildman–Crippen MR) is 24.9 cm³/mol. The maximum absolute atomic E-state index is 7.74. The quantitative estimate of drug-likeness (QED) is 0.304. The Bertz CT molecular complexity index is 42.8. The minimum absolute atomic E-state index is 0.921. The third kappa shape index (κ3) is 3.47. The molecule has 1 N–H and O–H groups in total. The lowest BCUT2D eigenvalue weighted by Gasteiger charge is -1.74. The third-order valence-corrected chi connectivity index (χ3v) is 0.408. The second-order valence-corrected chi connectivity index (χ2v) is 0.908. The zero-order valence-corrected chi connectivity index (χ0v) is 3.76. The van der Waals surface area contributed by atoms with Crippen LogP contribution in [0.3, 0.4) is 0 Å². The number of unbranched alkanes of at least 4 members (excludes halogenated alkanes) is 1. The Hall–Kier alpha value is -0.530. The first-order chi connectivity index (χ1) is 2.91. The molecule has 0 aromatic carbocycles. The van der Waals surface area contributed by atoms with Gasteiger partial charge in [0, 0.05) is 12.6 Å². The Morgan fingerprint density at radius 3 is 2.67 bits per heavy atom. The van der Waals surface area contributed by atoms with Crippen LogP contribution in [0.15, 0.2) is 5.16 Å². The van der Waals surface area contributed by atoms with E-state index in [0.29, 0.717) is 0 Å². The standard InChI is InChI=1S/C4H8NO/c1-2-3-4-5-6/h3-4,6H,2H2,1H3/b5-4+. The molecule has 6 heavy (non-hydrogen) atoms. The van der Waals surface area contributed by atoms with E-state index in [0.717, 1.165) is 6.42 Å². The summed E-state index contributed by atoms with van der Waals surface area (Å²) in [6, 6.07) is 0. The normalized spacial score (nSPS) is 10.2. The fourth-order valence-corrected chi connectivity index (χ4v) is 0.153. The van der Waals surface area contributed by atoms with E-state index in [1.165, 1.54) is 6.21 Å². The molecule has 0 unspecified atom stereocenters. The number of hydrogen-bond acceptors (Lipinski definition) is 2. The summed E-state index contributed by atoms with van der Waals surface area (Å²) in [5, 5.41) is 10.5. The lowest BCUT2D eigenvalue weighted by molar-refractivity contribution is 0.321. The average molecular weight is 86.1 g/mol. The molecule has 0 rings (SSSR count). The van der Waals surface area contributed by atoms with Gasteiger partial charge in [-0.2, -0.15) is 0 Å². The van der Waals surface area contributed by atoms with Gasteiger partial charge in [0.25, 0.3) is 0 Å². The van der Waals surface area contributed by atoms with Crippen molar-refractivity contribution < 1.29 is 5.21 Å². The molecular formula is C4H8NO. The molecule has 0 saturated carbocycles. The Kier molecular flexibility index (Phi) is 4.08. The molecule has 2 nitrogen and oxygen atoms in total. The molecule has 0 aromatic rings. The van der Waals surface area contributed by atoms with Crippen molar-refractivity contribution in [3.8, 4) is 0 Å².